The average molecular weight is 854 g/mol. The highest BCUT2D eigenvalue weighted by molar-refractivity contribution is 6.34. The maximum atomic E-state index is 15.7. The van der Waals surface area contributed by atoms with Crippen molar-refractivity contribution in [3.8, 4) is 22.4 Å². The lowest BCUT2D eigenvalue weighted by Crippen LogP contribution is -2.62. The number of piperazine rings is 1. The van der Waals surface area contributed by atoms with Crippen LogP contribution in [0.1, 0.15) is 39.5 Å². The Balaban J connectivity index is 0.939. The highest BCUT2D eigenvalue weighted by Crippen LogP contribution is 2.37. The fourth-order valence-electron chi connectivity index (χ4n) is 8.53. The fraction of sp³-hybridized carbons (Fsp3) is 0.463. The van der Waals surface area contributed by atoms with Gasteiger partial charge in [0.1, 0.15) is 5.82 Å². The minimum absolute atomic E-state index is 0.0394. The van der Waals surface area contributed by atoms with Crippen LogP contribution in [0.2, 0.25) is 10.0 Å². The number of carbonyl (C=O) groups is 4. The Labute approximate surface area is 351 Å². The van der Waals surface area contributed by atoms with Crippen LogP contribution in [0.25, 0.3) is 22.4 Å². The number of nitrogens with one attached hydrogen (secondary N) is 2. The van der Waals surface area contributed by atoms with Crippen LogP contribution in [0.4, 0.5) is 10.1 Å². The number of imidazole rings is 1. The van der Waals surface area contributed by atoms with E-state index < -0.39 is 17.7 Å². The molecule has 3 amide bonds. The second kappa shape index (κ2) is 17.8. The lowest BCUT2D eigenvalue weighted by molar-refractivity contribution is -0.929. The topological polar surface area (TPSA) is 164 Å². The highest BCUT2D eigenvalue weighted by atomic mass is 35.5. The molecule has 0 spiro atoms. The van der Waals surface area contributed by atoms with Crippen LogP contribution in [-0.2, 0) is 27.9 Å². The molecular weight excluding hydrogens is 804 g/mol. The Kier molecular flexibility index (Phi) is 12.7. The minimum Gasteiger partial charge on any atom is -0.477 e. The van der Waals surface area contributed by atoms with Gasteiger partial charge in [-0.25, -0.2) is 14.2 Å². The van der Waals surface area contributed by atoms with Crippen LogP contribution >= 0.6 is 23.2 Å². The first-order valence-electron chi connectivity index (χ1n) is 19.8. The number of aliphatic carboxylic acids is 1. The number of anilines is 1. The van der Waals surface area contributed by atoms with Crippen molar-refractivity contribution in [2.24, 2.45) is 18.9 Å². The van der Waals surface area contributed by atoms with Gasteiger partial charge >= 0.3 is 5.97 Å². The van der Waals surface area contributed by atoms with Gasteiger partial charge in [-0.3, -0.25) is 19.1 Å². The van der Waals surface area contributed by atoms with E-state index in [1.807, 2.05) is 11.8 Å². The average Bonchev–Trinajstić information content (AvgIpc) is 3.77. The molecule has 18 heteroatoms. The largest absolute Gasteiger partial charge is 0.477 e. The van der Waals surface area contributed by atoms with E-state index in [-0.39, 0.29) is 45.7 Å². The SMILES string of the molecule is COCCn1ncc(-c2ccc(-c3cnc(C(=O)Nc4ccc(C(=O)N5CCN(C(=O)C6CC[N+](CC(=O)O)(CC7CNC7)CC6)CC5)c(Cl)c4)n3C)c(Cl)c2F)c1C. The minimum atomic E-state index is -0.805. The van der Waals surface area contributed by atoms with Crippen molar-refractivity contribution in [2.75, 3.05) is 84.5 Å². The van der Waals surface area contributed by atoms with Crippen molar-refractivity contribution < 1.29 is 37.9 Å². The van der Waals surface area contributed by atoms with E-state index in [4.69, 9.17) is 27.9 Å². The van der Waals surface area contributed by atoms with Crippen LogP contribution in [0.5, 0.6) is 0 Å². The van der Waals surface area contributed by atoms with Crippen molar-refractivity contribution >= 4 is 52.6 Å². The zero-order chi connectivity index (χ0) is 42.0. The summed E-state index contributed by atoms with van der Waals surface area (Å²) in [5.74, 6) is -1.84. The molecule has 3 aliphatic heterocycles. The lowest BCUT2D eigenvalue weighted by atomic mass is 9.90. The molecule has 0 saturated carbocycles. The molecule has 4 aromatic rings. The third-order valence-corrected chi connectivity index (χ3v) is 12.7. The number of carbonyl (C=O) groups excluding carboxylic acids is 3. The summed E-state index contributed by atoms with van der Waals surface area (Å²) >= 11 is 13.2. The number of hydrogen-bond acceptors (Lipinski definition) is 8. The van der Waals surface area contributed by atoms with Crippen molar-refractivity contribution in [3.05, 3.63) is 75.7 Å². The van der Waals surface area contributed by atoms with Crippen molar-refractivity contribution in [2.45, 2.75) is 26.3 Å². The van der Waals surface area contributed by atoms with Crippen LogP contribution in [0.15, 0.2) is 42.7 Å². The summed E-state index contributed by atoms with van der Waals surface area (Å²) in [5.41, 5.74) is 3.06. The predicted octanol–water partition coefficient (Wildman–Crippen LogP) is 4.42. The van der Waals surface area contributed by atoms with Gasteiger partial charge in [-0.15, -0.1) is 0 Å². The molecule has 7 rings (SSSR count). The Morgan fingerprint density at radius 1 is 1.00 bits per heavy atom. The maximum Gasteiger partial charge on any atom is 0.359 e. The van der Waals surface area contributed by atoms with E-state index in [0.717, 1.165) is 25.3 Å². The van der Waals surface area contributed by atoms with Gasteiger partial charge in [0, 0.05) is 106 Å². The van der Waals surface area contributed by atoms with Crippen LogP contribution < -0.4 is 10.6 Å². The summed E-state index contributed by atoms with van der Waals surface area (Å²) in [7, 11) is 3.23. The number of amides is 3. The van der Waals surface area contributed by atoms with Crippen molar-refractivity contribution in [3.63, 3.8) is 0 Å². The number of carboxylic acids is 1. The second-order valence-electron chi connectivity index (χ2n) is 15.8. The smallest absolute Gasteiger partial charge is 0.359 e. The summed E-state index contributed by atoms with van der Waals surface area (Å²) in [6, 6.07) is 7.93. The van der Waals surface area contributed by atoms with E-state index in [0.29, 0.717) is 104 Å². The first-order chi connectivity index (χ1) is 28.3. The number of methoxy groups -OCH3 is 1. The number of benzene rings is 2. The number of rotatable bonds is 13. The molecule has 5 heterocycles. The normalized spacial score (nSPS) is 19.7. The molecule has 0 aliphatic carbocycles. The zero-order valence-corrected chi connectivity index (χ0v) is 34.9. The van der Waals surface area contributed by atoms with Gasteiger partial charge in [0.15, 0.2) is 12.4 Å². The van der Waals surface area contributed by atoms with E-state index in [2.05, 4.69) is 20.7 Å². The highest BCUT2D eigenvalue weighted by Gasteiger charge is 2.42. The molecule has 2 aromatic carbocycles. The van der Waals surface area contributed by atoms with E-state index in [1.165, 1.54) is 16.8 Å². The van der Waals surface area contributed by atoms with Crippen LogP contribution in [0.3, 0.4) is 0 Å². The number of halogens is 3. The number of piperidine rings is 1. The number of ether oxygens (including phenoxy) is 1. The van der Waals surface area contributed by atoms with Crippen molar-refractivity contribution in [1.29, 1.82) is 0 Å². The lowest BCUT2D eigenvalue weighted by Gasteiger charge is -2.46. The van der Waals surface area contributed by atoms with Crippen LogP contribution in [0, 0.1) is 24.6 Å². The molecule has 2 aromatic heterocycles. The van der Waals surface area contributed by atoms with Crippen LogP contribution in [-0.4, -0.2) is 142 Å². The molecule has 3 fully saturated rings. The zero-order valence-electron chi connectivity index (χ0n) is 33.3. The molecule has 0 atom stereocenters. The predicted molar refractivity (Wildman–Crippen MR) is 220 cm³/mol. The summed E-state index contributed by atoms with van der Waals surface area (Å²) in [4.78, 5) is 59.9. The quantitative estimate of drug-likeness (QED) is 0.165. The molecule has 0 radical (unpaired) electrons. The fourth-order valence-corrected chi connectivity index (χ4v) is 9.05. The van der Waals surface area contributed by atoms with Gasteiger partial charge in [-0.2, -0.15) is 5.10 Å². The third-order valence-electron chi connectivity index (χ3n) is 12.0. The third kappa shape index (κ3) is 8.87. The Morgan fingerprint density at radius 3 is 2.34 bits per heavy atom. The summed E-state index contributed by atoms with van der Waals surface area (Å²) < 4.78 is 24.7. The number of hydrogen-bond donors (Lipinski definition) is 3. The van der Waals surface area contributed by atoms with E-state index in [1.54, 1.807) is 54.2 Å². The van der Waals surface area contributed by atoms with Gasteiger partial charge in [0.05, 0.1) is 66.5 Å². The number of aromatic nitrogens is 4. The van der Waals surface area contributed by atoms with Gasteiger partial charge < -0.3 is 39.3 Å². The van der Waals surface area contributed by atoms with E-state index >= 15 is 4.39 Å². The monoisotopic (exact) mass is 852 g/mol. The second-order valence-corrected chi connectivity index (χ2v) is 16.5. The molecular formula is C41H49Cl2FN9O6+. The maximum absolute atomic E-state index is 15.7. The summed E-state index contributed by atoms with van der Waals surface area (Å²) in [5, 5.41) is 20.0. The number of nitrogens with zero attached hydrogens (tertiary/aromatic N) is 7. The van der Waals surface area contributed by atoms with Crippen molar-refractivity contribution in [1.82, 2.24) is 34.4 Å². The Morgan fingerprint density at radius 2 is 1.69 bits per heavy atom. The number of likely N-dealkylation sites (tertiary alicyclic amines) is 1. The Hall–Kier alpha value is -4.87. The van der Waals surface area contributed by atoms with Gasteiger partial charge in [-0.1, -0.05) is 35.3 Å². The first-order valence-corrected chi connectivity index (χ1v) is 20.5. The molecule has 0 bridgehead atoms. The summed E-state index contributed by atoms with van der Waals surface area (Å²) in [6.07, 6.45) is 4.34. The van der Waals surface area contributed by atoms with Gasteiger partial charge in [0.2, 0.25) is 5.91 Å². The number of quaternary nitrogens is 1. The molecule has 3 aliphatic rings. The van der Waals surface area contributed by atoms with Gasteiger partial charge in [-0.05, 0) is 25.1 Å². The molecule has 15 nitrogen and oxygen atoms in total. The van der Waals surface area contributed by atoms with Gasteiger partial charge in [0.25, 0.3) is 11.8 Å². The standard InChI is InChI=1S/C41H48Cl2FN9O6/c1-25-32(21-47-52(25)14-17-59-3)29-6-7-31(36(43)37(29)44)34-22-46-38(49(34)2)39(56)48-28-4-5-30(33(42)18-28)41(58)51-12-10-50(11-13-51)40(57)27-8-15-53(16-9-27,24-35(54)55)23-26-19-45-20-26/h4-7,18,21-22,26-27,45H,8-17,19-20,23-24H2,1-3H3,(H-,48,54,55,56,58)/p+1. The summed E-state index contributed by atoms with van der Waals surface area (Å²) in [6.45, 7) is 8.38. The molecule has 3 N–H and O–H groups in total. The Bertz CT molecular complexity index is 2240. The molecule has 0 unspecified atom stereocenters. The molecule has 314 valence electrons. The number of carboxylic acid groups (broad SMARTS) is 1. The molecule has 3 saturated heterocycles. The molecule has 59 heavy (non-hydrogen) atoms. The van der Waals surface area contributed by atoms with E-state index in [9.17, 15) is 24.3 Å². The first kappa shape index (κ1) is 42.3.